The molecule has 7 nitrogen and oxygen atoms in total. The van der Waals surface area contributed by atoms with E-state index in [1.165, 1.54) is 5.56 Å². The predicted molar refractivity (Wildman–Crippen MR) is 138 cm³/mol. The molecule has 1 fully saturated rings. The van der Waals surface area contributed by atoms with Crippen molar-refractivity contribution in [3.8, 4) is 23.0 Å². The maximum atomic E-state index is 13.0. The molecule has 0 radical (unpaired) electrons. The molecule has 3 aromatic carbocycles. The van der Waals surface area contributed by atoms with Gasteiger partial charge in [0.05, 0.1) is 18.6 Å². The maximum absolute atomic E-state index is 13.0. The van der Waals surface area contributed by atoms with Gasteiger partial charge in [0.15, 0.2) is 23.0 Å². The zero-order valence-electron chi connectivity index (χ0n) is 19.6. The molecule has 0 atom stereocenters. The average molecular weight is 524 g/mol. The molecule has 1 saturated heterocycles. The van der Waals surface area contributed by atoms with Gasteiger partial charge in [-0.15, -0.1) is 0 Å². The lowest BCUT2D eigenvalue weighted by Crippen LogP contribution is -2.27. The van der Waals surface area contributed by atoms with E-state index in [-0.39, 0.29) is 18.6 Å². The molecular formula is C27H22ClNO6S. The van der Waals surface area contributed by atoms with Crippen LogP contribution in [0.5, 0.6) is 23.0 Å². The van der Waals surface area contributed by atoms with Crippen LogP contribution in [0.4, 0.5) is 4.79 Å². The third-order valence-electron chi connectivity index (χ3n) is 5.74. The van der Waals surface area contributed by atoms with Crippen LogP contribution in [0.1, 0.15) is 22.3 Å². The van der Waals surface area contributed by atoms with Crippen LogP contribution in [-0.2, 0) is 17.9 Å². The number of hydrogen-bond acceptors (Lipinski definition) is 7. The fourth-order valence-corrected chi connectivity index (χ4v) is 4.83. The number of ether oxygens (including phenoxy) is 4. The van der Waals surface area contributed by atoms with Gasteiger partial charge in [0.1, 0.15) is 6.61 Å². The van der Waals surface area contributed by atoms with Gasteiger partial charge in [-0.05, 0) is 59.7 Å². The highest BCUT2D eigenvalue weighted by Crippen LogP contribution is 2.40. The van der Waals surface area contributed by atoms with Gasteiger partial charge >= 0.3 is 0 Å². The minimum absolute atomic E-state index is 0.0343. The van der Waals surface area contributed by atoms with E-state index in [1.807, 2.05) is 37.3 Å². The van der Waals surface area contributed by atoms with Crippen molar-refractivity contribution >= 4 is 40.6 Å². The lowest BCUT2D eigenvalue weighted by molar-refractivity contribution is -0.123. The smallest absolute Gasteiger partial charge is 0.293 e. The highest BCUT2D eigenvalue weighted by Gasteiger charge is 2.35. The molecule has 5 rings (SSSR count). The van der Waals surface area contributed by atoms with Gasteiger partial charge in [-0.2, -0.15) is 0 Å². The highest BCUT2D eigenvalue weighted by atomic mass is 35.5. The molecule has 0 aliphatic carbocycles. The summed E-state index contributed by atoms with van der Waals surface area (Å²) in [6.07, 6.45) is 1.67. The van der Waals surface area contributed by atoms with E-state index >= 15 is 0 Å². The second kappa shape index (κ2) is 10.2. The fraction of sp³-hybridized carbons (Fsp3) is 0.185. The minimum Gasteiger partial charge on any atom is -0.493 e. The van der Waals surface area contributed by atoms with E-state index in [0.29, 0.717) is 50.7 Å². The Kier molecular flexibility index (Phi) is 6.80. The molecule has 3 aromatic rings. The first-order valence-electron chi connectivity index (χ1n) is 11.1. The molecule has 0 saturated carbocycles. The van der Waals surface area contributed by atoms with Gasteiger partial charge in [0, 0.05) is 11.1 Å². The lowest BCUT2D eigenvalue weighted by Gasteiger charge is -2.14. The quantitative estimate of drug-likeness (QED) is 0.341. The first-order chi connectivity index (χ1) is 17.4. The number of methoxy groups -OCH3 is 1. The number of nitrogens with zero attached hydrogens (tertiary/aromatic N) is 1. The summed E-state index contributed by atoms with van der Waals surface area (Å²) in [6.45, 7) is 2.58. The molecule has 0 aromatic heterocycles. The summed E-state index contributed by atoms with van der Waals surface area (Å²) < 4.78 is 22.1. The number of halogens is 1. The van der Waals surface area contributed by atoms with E-state index in [9.17, 15) is 9.59 Å². The number of rotatable bonds is 7. The second-order valence-electron chi connectivity index (χ2n) is 8.25. The molecule has 0 spiro atoms. The van der Waals surface area contributed by atoms with Crippen molar-refractivity contribution in [2.75, 3.05) is 13.9 Å². The van der Waals surface area contributed by atoms with Crippen LogP contribution in [0, 0.1) is 6.92 Å². The van der Waals surface area contributed by atoms with Crippen LogP contribution in [-0.4, -0.2) is 29.9 Å². The van der Waals surface area contributed by atoms with Crippen LogP contribution in [0.2, 0.25) is 5.02 Å². The van der Waals surface area contributed by atoms with E-state index in [1.54, 1.807) is 37.5 Å². The number of hydrogen-bond donors (Lipinski definition) is 0. The Morgan fingerprint density at radius 2 is 1.78 bits per heavy atom. The zero-order valence-corrected chi connectivity index (χ0v) is 21.2. The molecule has 2 aliphatic rings. The Balaban J connectivity index is 1.30. The summed E-state index contributed by atoms with van der Waals surface area (Å²) in [6, 6.07) is 16.8. The largest absolute Gasteiger partial charge is 0.493 e. The van der Waals surface area contributed by atoms with E-state index in [4.69, 9.17) is 30.5 Å². The van der Waals surface area contributed by atoms with Gasteiger partial charge in [0.2, 0.25) is 6.79 Å². The fourth-order valence-electron chi connectivity index (χ4n) is 3.78. The van der Waals surface area contributed by atoms with Gasteiger partial charge in [-0.1, -0.05) is 47.5 Å². The Hall–Kier alpha value is -3.62. The first kappa shape index (κ1) is 24.1. The standard InChI is InChI=1S/C27H22ClNO6S/c1-16-3-5-17(6-4-16)14-33-21-8-7-18(9-22(21)32-2)10-25-26(30)29(27(31)36-25)13-19-11-23-24(12-20(19)28)35-15-34-23/h3-12H,13-15H2,1-2H3/b25-10-. The van der Waals surface area contributed by atoms with E-state index in [2.05, 4.69) is 0 Å². The third-order valence-corrected chi connectivity index (χ3v) is 7.00. The van der Waals surface area contributed by atoms with Crippen LogP contribution in [0.15, 0.2) is 59.5 Å². The topological polar surface area (TPSA) is 74.3 Å². The molecule has 2 amide bonds. The molecule has 184 valence electrons. The normalized spacial score (nSPS) is 15.6. The second-order valence-corrected chi connectivity index (χ2v) is 9.65. The number of carbonyl (C=O) groups excluding carboxylic acids is 2. The summed E-state index contributed by atoms with van der Waals surface area (Å²) in [4.78, 5) is 27.1. The SMILES string of the molecule is COc1cc(/C=C2\SC(=O)N(Cc3cc4c(cc3Cl)OCO4)C2=O)ccc1OCc1ccc(C)cc1. The minimum atomic E-state index is -0.391. The highest BCUT2D eigenvalue weighted by molar-refractivity contribution is 8.18. The number of imide groups is 1. The van der Waals surface area contributed by atoms with Crippen LogP contribution in [0.25, 0.3) is 6.08 Å². The summed E-state index contributed by atoms with van der Waals surface area (Å²) in [7, 11) is 1.56. The number of aryl methyl sites for hydroxylation is 1. The Labute approximate surface area is 217 Å². The molecule has 36 heavy (non-hydrogen) atoms. The summed E-state index contributed by atoms with van der Waals surface area (Å²) in [5.41, 5.74) is 3.54. The number of amides is 2. The predicted octanol–water partition coefficient (Wildman–Crippen LogP) is 6.20. The molecule has 2 heterocycles. The molecule has 2 aliphatic heterocycles. The molecular weight excluding hydrogens is 502 g/mol. The monoisotopic (exact) mass is 523 g/mol. The van der Waals surface area contributed by atoms with Crippen LogP contribution in [0.3, 0.4) is 0 Å². The van der Waals surface area contributed by atoms with E-state index in [0.717, 1.165) is 22.2 Å². The first-order valence-corrected chi connectivity index (χ1v) is 12.3. The van der Waals surface area contributed by atoms with Crippen molar-refractivity contribution < 1.29 is 28.5 Å². The van der Waals surface area contributed by atoms with Crippen molar-refractivity contribution in [2.45, 2.75) is 20.1 Å². The summed E-state index contributed by atoms with van der Waals surface area (Å²) in [5.74, 6) is 1.80. The zero-order chi connectivity index (χ0) is 25.2. The Bertz CT molecular complexity index is 1370. The lowest BCUT2D eigenvalue weighted by atomic mass is 10.1. The van der Waals surface area contributed by atoms with Gasteiger partial charge in [-0.3, -0.25) is 14.5 Å². The molecule has 0 N–H and O–H groups in total. The molecule has 0 bridgehead atoms. The van der Waals surface area contributed by atoms with Crippen molar-refractivity contribution in [3.05, 3.63) is 86.8 Å². The van der Waals surface area contributed by atoms with Crippen molar-refractivity contribution in [3.63, 3.8) is 0 Å². The van der Waals surface area contributed by atoms with Crippen LogP contribution < -0.4 is 18.9 Å². The number of carbonyl (C=O) groups is 2. The van der Waals surface area contributed by atoms with E-state index < -0.39 is 5.91 Å². The Morgan fingerprint density at radius 3 is 2.53 bits per heavy atom. The van der Waals surface area contributed by atoms with Gasteiger partial charge < -0.3 is 18.9 Å². The van der Waals surface area contributed by atoms with Crippen LogP contribution >= 0.6 is 23.4 Å². The van der Waals surface area contributed by atoms with Gasteiger partial charge in [-0.25, -0.2) is 0 Å². The summed E-state index contributed by atoms with van der Waals surface area (Å²) >= 11 is 7.22. The molecule has 9 heteroatoms. The third kappa shape index (κ3) is 5.01. The van der Waals surface area contributed by atoms with Gasteiger partial charge in [0.25, 0.3) is 11.1 Å². The Morgan fingerprint density at radius 1 is 1.03 bits per heavy atom. The van der Waals surface area contributed by atoms with Crippen molar-refractivity contribution in [2.24, 2.45) is 0 Å². The molecule has 0 unspecified atom stereocenters. The van der Waals surface area contributed by atoms with Crippen molar-refractivity contribution in [1.29, 1.82) is 0 Å². The maximum Gasteiger partial charge on any atom is 0.293 e. The number of fused-ring (bicyclic) bond motifs is 1. The number of thioether (sulfide) groups is 1. The average Bonchev–Trinajstić information content (AvgIpc) is 3.43. The summed E-state index contributed by atoms with van der Waals surface area (Å²) in [5, 5.41) is 0.0261. The van der Waals surface area contributed by atoms with Crippen molar-refractivity contribution in [1.82, 2.24) is 4.90 Å². The number of benzene rings is 3.